The van der Waals surface area contributed by atoms with E-state index in [0.29, 0.717) is 66.8 Å². The minimum absolute atomic E-state index is 0. The highest BCUT2D eigenvalue weighted by Gasteiger charge is 2.34. The summed E-state index contributed by atoms with van der Waals surface area (Å²) in [5.74, 6) is 2.90. The molecule has 33 heavy (non-hydrogen) atoms. The molecule has 2 N–H and O–H groups in total. The van der Waals surface area contributed by atoms with Crippen molar-refractivity contribution in [3.8, 4) is 17.2 Å². The summed E-state index contributed by atoms with van der Waals surface area (Å²) in [5.41, 5.74) is 7.99. The Kier molecular flexibility index (Phi) is 6.33. The Labute approximate surface area is 197 Å². The van der Waals surface area contributed by atoms with Crippen molar-refractivity contribution in [2.45, 2.75) is 12.5 Å². The molecule has 2 aliphatic rings. The third kappa shape index (κ3) is 4.16. The number of halogens is 1. The van der Waals surface area contributed by atoms with E-state index in [4.69, 9.17) is 19.9 Å². The van der Waals surface area contributed by atoms with Crippen molar-refractivity contribution in [2.75, 3.05) is 51.0 Å². The number of fused-ring (bicyclic) bond motifs is 2. The second-order valence-electron chi connectivity index (χ2n) is 7.86. The number of methoxy groups -OCH3 is 2. The molecular weight excluding hydrogens is 446 g/mol. The van der Waals surface area contributed by atoms with Crippen LogP contribution in [0.15, 0.2) is 36.4 Å². The molecule has 2 aromatic carbocycles. The third-order valence-corrected chi connectivity index (χ3v) is 6.02. The van der Waals surface area contributed by atoms with Crippen molar-refractivity contribution in [1.29, 1.82) is 0 Å². The first-order valence-corrected chi connectivity index (χ1v) is 10.5. The molecule has 0 saturated carbocycles. The third-order valence-electron chi connectivity index (χ3n) is 6.02. The number of aromatic nitrogens is 2. The zero-order valence-corrected chi connectivity index (χ0v) is 19.3. The van der Waals surface area contributed by atoms with Gasteiger partial charge in [-0.1, -0.05) is 18.2 Å². The summed E-state index contributed by atoms with van der Waals surface area (Å²) in [6, 6.07) is 11.4. The van der Waals surface area contributed by atoms with Crippen LogP contribution in [0.1, 0.15) is 5.56 Å². The van der Waals surface area contributed by atoms with Gasteiger partial charge in [0.1, 0.15) is 11.6 Å². The van der Waals surface area contributed by atoms with Crippen LogP contribution in [0.4, 0.5) is 11.8 Å². The summed E-state index contributed by atoms with van der Waals surface area (Å²) in [4.78, 5) is 26.1. The van der Waals surface area contributed by atoms with Gasteiger partial charge in [0.15, 0.2) is 17.6 Å². The van der Waals surface area contributed by atoms with E-state index < -0.39 is 6.10 Å². The summed E-state index contributed by atoms with van der Waals surface area (Å²) in [5, 5.41) is 0.707. The van der Waals surface area contributed by atoms with Crippen LogP contribution in [0.25, 0.3) is 10.9 Å². The van der Waals surface area contributed by atoms with Crippen molar-refractivity contribution < 1.29 is 19.0 Å². The molecule has 1 aromatic heterocycles. The summed E-state index contributed by atoms with van der Waals surface area (Å²) in [6.45, 7) is 2.37. The van der Waals surface area contributed by atoms with Crippen LogP contribution in [-0.2, 0) is 11.2 Å². The lowest BCUT2D eigenvalue weighted by molar-refractivity contribution is -0.138. The number of carbonyl (C=O) groups excluding carboxylic acids is 1. The van der Waals surface area contributed by atoms with Crippen molar-refractivity contribution in [2.24, 2.45) is 0 Å². The number of para-hydroxylation sites is 1. The lowest BCUT2D eigenvalue weighted by Gasteiger charge is -2.35. The molecule has 174 valence electrons. The summed E-state index contributed by atoms with van der Waals surface area (Å²) in [6.07, 6.45) is 0.166. The number of ether oxygens (including phenoxy) is 3. The van der Waals surface area contributed by atoms with Crippen LogP contribution < -0.4 is 24.8 Å². The fourth-order valence-corrected chi connectivity index (χ4v) is 4.26. The van der Waals surface area contributed by atoms with Crippen LogP contribution in [0.5, 0.6) is 17.2 Å². The van der Waals surface area contributed by atoms with Gasteiger partial charge in [-0.05, 0) is 17.7 Å². The smallest absolute Gasteiger partial charge is 0.264 e. The molecule has 0 spiro atoms. The molecule has 0 radical (unpaired) electrons. The first-order chi connectivity index (χ1) is 15.6. The van der Waals surface area contributed by atoms with Crippen molar-refractivity contribution in [1.82, 2.24) is 14.9 Å². The molecular formula is C23H26ClN5O4. The van der Waals surface area contributed by atoms with Crippen LogP contribution in [-0.4, -0.2) is 67.3 Å². The molecule has 3 heterocycles. The largest absolute Gasteiger partial charge is 0.493 e. The number of carbonyl (C=O) groups is 1. The van der Waals surface area contributed by atoms with Crippen molar-refractivity contribution >= 4 is 41.0 Å². The van der Waals surface area contributed by atoms with E-state index in [9.17, 15) is 4.79 Å². The van der Waals surface area contributed by atoms with E-state index in [0.717, 1.165) is 11.3 Å². The topological polar surface area (TPSA) is 103 Å². The lowest BCUT2D eigenvalue weighted by Crippen LogP contribution is -2.52. The second kappa shape index (κ2) is 9.19. The second-order valence-corrected chi connectivity index (χ2v) is 7.86. The number of nitrogen functional groups attached to an aromatic ring is 1. The monoisotopic (exact) mass is 471 g/mol. The van der Waals surface area contributed by atoms with Crippen LogP contribution in [0.3, 0.4) is 0 Å². The predicted molar refractivity (Wildman–Crippen MR) is 128 cm³/mol. The number of rotatable bonds is 4. The summed E-state index contributed by atoms with van der Waals surface area (Å²) in [7, 11) is 3.16. The van der Waals surface area contributed by atoms with E-state index in [1.807, 2.05) is 34.1 Å². The van der Waals surface area contributed by atoms with Gasteiger partial charge < -0.3 is 29.7 Å². The van der Waals surface area contributed by atoms with E-state index in [2.05, 4.69) is 9.97 Å². The molecule has 10 heteroatoms. The van der Waals surface area contributed by atoms with Gasteiger partial charge in [0.2, 0.25) is 5.95 Å². The van der Waals surface area contributed by atoms with Crippen LogP contribution >= 0.6 is 12.4 Å². The van der Waals surface area contributed by atoms with Gasteiger partial charge in [-0.25, -0.2) is 4.98 Å². The van der Waals surface area contributed by atoms with Crippen LogP contribution in [0, 0.1) is 0 Å². The maximum Gasteiger partial charge on any atom is 0.264 e. The summed E-state index contributed by atoms with van der Waals surface area (Å²) < 4.78 is 16.6. The number of piperazine rings is 1. The Hall–Kier alpha value is -3.46. The SMILES string of the molecule is COc1cc2nc(N3CCN(C(=O)C4Cc5ccccc5O4)CC3)nc(N)c2cc1OC.Cl. The van der Waals surface area contributed by atoms with Gasteiger partial charge >= 0.3 is 0 Å². The Balaban J connectivity index is 0.00000259. The van der Waals surface area contributed by atoms with Crippen molar-refractivity contribution in [3.05, 3.63) is 42.0 Å². The number of hydrogen-bond donors (Lipinski definition) is 1. The van der Waals surface area contributed by atoms with E-state index in [1.54, 1.807) is 26.4 Å². The molecule has 1 atom stereocenters. The first kappa shape index (κ1) is 22.7. The zero-order chi connectivity index (χ0) is 22.2. The maximum atomic E-state index is 13.0. The number of amides is 1. The number of anilines is 2. The molecule has 0 aliphatic carbocycles. The van der Waals surface area contributed by atoms with Gasteiger partial charge in [0.25, 0.3) is 5.91 Å². The molecule has 3 aromatic rings. The van der Waals surface area contributed by atoms with Gasteiger partial charge in [-0.15, -0.1) is 12.4 Å². The van der Waals surface area contributed by atoms with Gasteiger partial charge in [-0.2, -0.15) is 4.98 Å². The molecule has 1 amide bonds. The molecule has 5 rings (SSSR count). The van der Waals surface area contributed by atoms with E-state index in [1.165, 1.54) is 0 Å². The standard InChI is InChI=1S/C23H25N5O4.ClH/c1-30-18-12-15-16(13-19(18)31-2)25-23(26-21(15)24)28-9-7-27(8-10-28)22(29)20-11-14-5-3-4-6-17(14)32-20;/h3-6,12-13,20H,7-11H2,1-2H3,(H2,24,25,26);1H. The Morgan fingerprint density at radius 1 is 1.06 bits per heavy atom. The molecule has 1 saturated heterocycles. The predicted octanol–water partition coefficient (Wildman–Crippen LogP) is 2.30. The maximum absolute atomic E-state index is 13.0. The quantitative estimate of drug-likeness (QED) is 0.618. The van der Waals surface area contributed by atoms with Gasteiger partial charge in [0, 0.05) is 44.1 Å². The fraction of sp³-hybridized carbons (Fsp3) is 0.348. The number of nitrogens with zero attached hydrogens (tertiary/aromatic N) is 4. The van der Waals surface area contributed by atoms with Gasteiger partial charge in [-0.3, -0.25) is 4.79 Å². The van der Waals surface area contributed by atoms with E-state index in [-0.39, 0.29) is 18.3 Å². The Bertz CT molecular complexity index is 1160. The first-order valence-electron chi connectivity index (χ1n) is 10.5. The number of nitrogens with two attached hydrogens (primary N) is 1. The molecule has 9 nitrogen and oxygen atoms in total. The minimum atomic E-state index is -0.450. The minimum Gasteiger partial charge on any atom is -0.493 e. The molecule has 1 unspecified atom stereocenters. The average Bonchev–Trinajstić information content (AvgIpc) is 3.27. The fourth-order valence-electron chi connectivity index (χ4n) is 4.26. The highest BCUT2D eigenvalue weighted by molar-refractivity contribution is 5.91. The highest BCUT2D eigenvalue weighted by Crippen LogP contribution is 2.34. The zero-order valence-electron chi connectivity index (χ0n) is 18.5. The van der Waals surface area contributed by atoms with Crippen molar-refractivity contribution in [3.63, 3.8) is 0 Å². The van der Waals surface area contributed by atoms with Crippen LogP contribution in [0.2, 0.25) is 0 Å². The Morgan fingerprint density at radius 3 is 2.45 bits per heavy atom. The lowest BCUT2D eigenvalue weighted by atomic mass is 10.1. The molecule has 1 fully saturated rings. The number of benzene rings is 2. The highest BCUT2D eigenvalue weighted by atomic mass is 35.5. The average molecular weight is 472 g/mol. The molecule has 0 bridgehead atoms. The molecule has 2 aliphatic heterocycles. The number of hydrogen-bond acceptors (Lipinski definition) is 8. The van der Waals surface area contributed by atoms with E-state index >= 15 is 0 Å². The summed E-state index contributed by atoms with van der Waals surface area (Å²) >= 11 is 0. The Morgan fingerprint density at radius 2 is 1.76 bits per heavy atom. The normalized spacial score (nSPS) is 17.2. The van der Waals surface area contributed by atoms with Gasteiger partial charge in [0.05, 0.1) is 19.7 Å².